The summed E-state index contributed by atoms with van der Waals surface area (Å²) in [6, 6.07) is 10.9. The van der Waals surface area contributed by atoms with E-state index in [0.717, 1.165) is 12.5 Å². The van der Waals surface area contributed by atoms with Gasteiger partial charge >= 0.3 is 0 Å². The molecule has 2 aromatic rings. The number of anilines is 3. The van der Waals surface area contributed by atoms with E-state index in [1.807, 2.05) is 0 Å². The molecule has 0 aliphatic rings. The molecule has 2 rings (SSSR count). The number of aryl methyl sites for hydroxylation is 1. The molecule has 0 aliphatic heterocycles. The van der Waals surface area contributed by atoms with E-state index in [9.17, 15) is 21.6 Å². The predicted octanol–water partition coefficient (Wildman–Crippen LogP) is 1.99. The van der Waals surface area contributed by atoms with Gasteiger partial charge < -0.3 is 5.32 Å². The summed E-state index contributed by atoms with van der Waals surface area (Å²) >= 11 is 0. The first-order valence-electron chi connectivity index (χ1n) is 7.41. The highest BCUT2D eigenvalue weighted by Crippen LogP contribution is 2.23. The molecule has 0 saturated carbocycles. The lowest BCUT2D eigenvalue weighted by Crippen LogP contribution is -2.17. The average molecular weight is 397 g/mol. The van der Waals surface area contributed by atoms with Crippen molar-refractivity contribution in [2.45, 2.75) is 6.92 Å². The van der Waals surface area contributed by atoms with Gasteiger partial charge in [-0.15, -0.1) is 0 Å². The van der Waals surface area contributed by atoms with E-state index in [1.165, 1.54) is 18.2 Å². The van der Waals surface area contributed by atoms with Crippen LogP contribution in [0, 0.1) is 6.92 Å². The van der Waals surface area contributed by atoms with E-state index in [4.69, 9.17) is 0 Å². The lowest BCUT2D eigenvalue weighted by atomic mass is 10.1. The molecule has 1 amide bonds. The summed E-state index contributed by atoms with van der Waals surface area (Å²) in [5.41, 5.74) is 1.67. The quantitative estimate of drug-likeness (QED) is 0.688. The number of nitrogens with one attached hydrogen (secondary N) is 3. The third kappa shape index (κ3) is 5.74. The van der Waals surface area contributed by atoms with Crippen molar-refractivity contribution >= 4 is 43.0 Å². The molecule has 0 radical (unpaired) electrons. The summed E-state index contributed by atoms with van der Waals surface area (Å²) in [6.45, 7) is 1.73. The maximum absolute atomic E-state index is 12.5. The third-order valence-corrected chi connectivity index (χ3v) is 4.44. The molecule has 2 aromatic carbocycles. The van der Waals surface area contributed by atoms with Gasteiger partial charge in [-0.25, -0.2) is 16.8 Å². The highest BCUT2D eigenvalue weighted by molar-refractivity contribution is 7.92. The Morgan fingerprint density at radius 1 is 0.846 bits per heavy atom. The second-order valence-electron chi connectivity index (χ2n) is 5.78. The Labute approximate surface area is 152 Å². The predicted molar refractivity (Wildman–Crippen MR) is 103 cm³/mol. The maximum Gasteiger partial charge on any atom is 0.257 e. The van der Waals surface area contributed by atoms with E-state index >= 15 is 0 Å². The molecular formula is C16H19N3O5S2. The van der Waals surface area contributed by atoms with E-state index in [0.29, 0.717) is 16.9 Å². The van der Waals surface area contributed by atoms with Gasteiger partial charge in [-0.2, -0.15) is 0 Å². The largest absolute Gasteiger partial charge is 0.322 e. The average Bonchev–Trinajstić information content (AvgIpc) is 2.48. The van der Waals surface area contributed by atoms with Gasteiger partial charge in [0.1, 0.15) is 0 Å². The van der Waals surface area contributed by atoms with Crippen LogP contribution >= 0.6 is 0 Å². The van der Waals surface area contributed by atoms with Gasteiger partial charge in [0.2, 0.25) is 20.0 Å². The number of sulfonamides is 2. The van der Waals surface area contributed by atoms with Gasteiger partial charge in [0.05, 0.1) is 29.4 Å². The van der Waals surface area contributed by atoms with Crippen LogP contribution in [-0.4, -0.2) is 35.3 Å². The molecule has 0 heterocycles. The normalized spacial score (nSPS) is 11.7. The molecule has 0 atom stereocenters. The molecule has 0 unspecified atom stereocenters. The van der Waals surface area contributed by atoms with Gasteiger partial charge in [0.15, 0.2) is 0 Å². The van der Waals surface area contributed by atoms with Crippen molar-refractivity contribution in [2.24, 2.45) is 0 Å². The van der Waals surface area contributed by atoms with Crippen LogP contribution in [0.4, 0.5) is 17.1 Å². The standard InChI is InChI=1S/C16H19N3O5S2/c1-11-8-9-12(10-15(11)19-26(3,23)24)17-16(20)13-6-4-5-7-14(13)18-25(2,21)22/h4-10,18-19H,1-3H3,(H,17,20). The fraction of sp³-hybridized carbons (Fsp3) is 0.188. The zero-order valence-electron chi connectivity index (χ0n) is 14.4. The topological polar surface area (TPSA) is 121 Å². The molecule has 0 bridgehead atoms. The monoisotopic (exact) mass is 397 g/mol. The summed E-state index contributed by atoms with van der Waals surface area (Å²) in [5.74, 6) is -0.536. The first kappa shape index (κ1) is 19.7. The van der Waals surface area contributed by atoms with Crippen molar-refractivity contribution in [3.05, 3.63) is 53.6 Å². The van der Waals surface area contributed by atoms with Crippen LogP contribution in [0.5, 0.6) is 0 Å². The first-order valence-corrected chi connectivity index (χ1v) is 11.2. The van der Waals surface area contributed by atoms with Crippen molar-refractivity contribution in [1.82, 2.24) is 0 Å². The summed E-state index contributed by atoms with van der Waals surface area (Å²) in [7, 11) is -7.01. The number of rotatable bonds is 6. The van der Waals surface area contributed by atoms with Crippen LogP contribution < -0.4 is 14.8 Å². The van der Waals surface area contributed by atoms with Crippen molar-refractivity contribution in [3.8, 4) is 0 Å². The number of para-hydroxylation sites is 1. The number of amides is 1. The zero-order valence-corrected chi connectivity index (χ0v) is 16.0. The highest BCUT2D eigenvalue weighted by Gasteiger charge is 2.15. The number of benzene rings is 2. The Morgan fingerprint density at radius 2 is 1.42 bits per heavy atom. The molecule has 10 heteroatoms. The number of hydrogen-bond donors (Lipinski definition) is 3. The SMILES string of the molecule is Cc1ccc(NC(=O)c2ccccc2NS(C)(=O)=O)cc1NS(C)(=O)=O. The summed E-state index contributed by atoms with van der Waals surface area (Å²) in [6.07, 6.45) is 2.02. The summed E-state index contributed by atoms with van der Waals surface area (Å²) < 4.78 is 50.4. The highest BCUT2D eigenvalue weighted by atomic mass is 32.2. The van der Waals surface area contributed by atoms with Crippen LogP contribution in [0.25, 0.3) is 0 Å². The second-order valence-corrected chi connectivity index (χ2v) is 9.27. The molecule has 0 spiro atoms. The van der Waals surface area contributed by atoms with Crippen LogP contribution in [0.2, 0.25) is 0 Å². The molecule has 0 saturated heterocycles. The fourth-order valence-electron chi connectivity index (χ4n) is 2.18. The van der Waals surface area contributed by atoms with Crippen molar-refractivity contribution in [2.75, 3.05) is 27.3 Å². The van der Waals surface area contributed by atoms with E-state index in [1.54, 1.807) is 31.2 Å². The lowest BCUT2D eigenvalue weighted by Gasteiger charge is -2.13. The van der Waals surface area contributed by atoms with Gasteiger partial charge in [-0.05, 0) is 36.8 Å². The Morgan fingerprint density at radius 3 is 2.04 bits per heavy atom. The van der Waals surface area contributed by atoms with Gasteiger partial charge in [-0.3, -0.25) is 14.2 Å². The zero-order chi connectivity index (χ0) is 19.5. The van der Waals surface area contributed by atoms with Gasteiger partial charge in [0, 0.05) is 5.69 Å². The number of hydrogen-bond acceptors (Lipinski definition) is 5. The Bertz CT molecular complexity index is 1050. The van der Waals surface area contributed by atoms with Gasteiger partial charge in [-0.1, -0.05) is 18.2 Å². The van der Waals surface area contributed by atoms with Crippen molar-refractivity contribution in [3.63, 3.8) is 0 Å². The number of carbonyl (C=O) groups excluding carboxylic acids is 1. The van der Waals surface area contributed by atoms with Crippen molar-refractivity contribution in [1.29, 1.82) is 0 Å². The Hall–Kier alpha value is -2.59. The molecular weight excluding hydrogens is 378 g/mol. The molecule has 0 fully saturated rings. The minimum absolute atomic E-state index is 0.135. The van der Waals surface area contributed by atoms with E-state index < -0.39 is 26.0 Å². The first-order chi connectivity index (χ1) is 11.9. The second kappa shape index (κ2) is 7.34. The van der Waals surface area contributed by atoms with E-state index in [-0.39, 0.29) is 11.3 Å². The Kier molecular flexibility index (Phi) is 5.57. The Balaban J connectivity index is 2.30. The van der Waals surface area contributed by atoms with Crippen LogP contribution in [-0.2, 0) is 20.0 Å². The molecule has 140 valence electrons. The number of carbonyl (C=O) groups is 1. The van der Waals surface area contributed by atoms with Crippen LogP contribution in [0.3, 0.4) is 0 Å². The van der Waals surface area contributed by atoms with Gasteiger partial charge in [0.25, 0.3) is 5.91 Å². The summed E-state index contributed by atoms with van der Waals surface area (Å²) in [5, 5.41) is 2.63. The van der Waals surface area contributed by atoms with Crippen molar-refractivity contribution < 1.29 is 21.6 Å². The van der Waals surface area contributed by atoms with Crippen LogP contribution in [0.15, 0.2) is 42.5 Å². The van der Waals surface area contributed by atoms with E-state index in [2.05, 4.69) is 14.8 Å². The summed E-state index contributed by atoms with van der Waals surface area (Å²) in [4.78, 5) is 12.5. The lowest BCUT2D eigenvalue weighted by molar-refractivity contribution is 0.102. The molecule has 8 nitrogen and oxygen atoms in total. The molecule has 3 N–H and O–H groups in total. The molecule has 26 heavy (non-hydrogen) atoms. The molecule has 0 aromatic heterocycles. The maximum atomic E-state index is 12.5. The third-order valence-electron chi connectivity index (χ3n) is 3.26. The smallest absolute Gasteiger partial charge is 0.257 e. The fourth-order valence-corrected chi connectivity index (χ4v) is 3.37. The minimum Gasteiger partial charge on any atom is -0.322 e. The van der Waals surface area contributed by atoms with Crippen LogP contribution in [0.1, 0.15) is 15.9 Å². The minimum atomic E-state index is -3.55. The molecule has 0 aliphatic carbocycles.